The van der Waals surface area contributed by atoms with E-state index < -0.39 is 0 Å². The molecular formula is C25H35IN6O. The molecule has 0 spiro atoms. The second kappa shape index (κ2) is 12.2. The summed E-state index contributed by atoms with van der Waals surface area (Å²) in [5.74, 6) is 2.76. The van der Waals surface area contributed by atoms with Gasteiger partial charge in [-0.05, 0) is 38.1 Å². The molecule has 33 heavy (non-hydrogen) atoms. The highest BCUT2D eigenvalue weighted by molar-refractivity contribution is 14.0. The Bertz CT molecular complexity index is 1040. The number of likely N-dealkylation sites (N-methyl/N-ethyl adjacent to an activating group) is 1. The van der Waals surface area contributed by atoms with Crippen LogP contribution in [0.15, 0.2) is 52.0 Å². The Kier molecular flexibility index (Phi) is 9.37. The van der Waals surface area contributed by atoms with Crippen LogP contribution in [0.2, 0.25) is 0 Å². The van der Waals surface area contributed by atoms with Gasteiger partial charge in [0.1, 0.15) is 17.2 Å². The standard InChI is InChI=1S/C25H34N6O.HI/c1-4-26-25(29-18-23-19(3)21-8-6-7-9-22(21)32-23)28-17-20-10-11-24(27-16-20)31-14-12-30(5-2)13-15-31;/h6-11,16H,4-5,12-15,17-18H2,1-3H3,(H2,26,28,29);1H. The van der Waals surface area contributed by atoms with E-state index in [1.807, 2.05) is 24.4 Å². The molecule has 3 aromatic rings. The summed E-state index contributed by atoms with van der Waals surface area (Å²) in [5, 5.41) is 7.87. The van der Waals surface area contributed by atoms with Crippen molar-refractivity contribution in [1.29, 1.82) is 0 Å². The van der Waals surface area contributed by atoms with Gasteiger partial charge in [0.05, 0.1) is 13.1 Å². The van der Waals surface area contributed by atoms with Crippen LogP contribution in [0.4, 0.5) is 5.82 Å². The van der Waals surface area contributed by atoms with Crippen molar-refractivity contribution in [2.75, 3.05) is 44.2 Å². The molecule has 0 bridgehead atoms. The number of guanidine groups is 1. The molecule has 1 saturated heterocycles. The molecule has 2 N–H and O–H groups in total. The van der Waals surface area contributed by atoms with Gasteiger partial charge < -0.3 is 24.9 Å². The predicted octanol–water partition coefficient (Wildman–Crippen LogP) is 4.15. The maximum Gasteiger partial charge on any atom is 0.191 e. The van der Waals surface area contributed by atoms with Gasteiger partial charge in [-0.2, -0.15) is 0 Å². The molecule has 1 aliphatic heterocycles. The monoisotopic (exact) mass is 562 g/mol. The molecule has 0 aliphatic carbocycles. The van der Waals surface area contributed by atoms with Gasteiger partial charge in [-0.1, -0.05) is 31.2 Å². The first kappa shape index (κ1) is 25.3. The summed E-state index contributed by atoms with van der Waals surface area (Å²) in [6.07, 6.45) is 1.94. The van der Waals surface area contributed by atoms with Gasteiger partial charge in [-0.15, -0.1) is 24.0 Å². The van der Waals surface area contributed by atoms with Gasteiger partial charge >= 0.3 is 0 Å². The fourth-order valence-corrected chi connectivity index (χ4v) is 4.06. The molecule has 0 atom stereocenters. The molecule has 1 aromatic carbocycles. The van der Waals surface area contributed by atoms with E-state index in [1.165, 1.54) is 5.56 Å². The number of pyridine rings is 1. The number of para-hydroxylation sites is 1. The van der Waals surface area contributed by atoms with Crippen molar-refractivity contribution < 1.29 is 4.42 Å². The number of aryl methyl sites for hydroxylation is 1. The highest BCUT2D eigenvalue weighted by Gasteiger charge is 2.16. The fraction of sp³-hybridized carbons (Fsp3) is 0.440. The Morgan fingerprint density at radius 2 is 1.85 bits per heavy atom. The Balaban J connectivity index is 0.00000306. The number of hydrogen-bond acceptors (Lipinski definition) is 5. The third kappa shape index (κ3) is 6.38. The molecule has 8 heteroatoms. The lowest BCUT2D eigenvalue weighted by molar-refractivity contribution is 0.270. The quantitative estimate of drug-likeness (QED) is 0.256. The number of anilines is 1. The van der Waals surface area contributed by atoms with Crippen LogP contribution >= 0.6 is 24.0 Å². The Morgan fingerprint density at radius 1 is 1.06 bits per heavy atom. The maximum absolute atomic E-state index is 6.01. The van der Waals surface area contributed by atoms with E-state index >= 15 is 0 Å². The number of fused-ring (bicyclic) bond motifs is 1. The van der Waals surface area contributed by atoms with Gasteiger partial charge in [0.25, 0.3) is 0 Å². The first-order chi connectivity index (χ1) is 15.7. The molecule has 178 valence electrons. The highest BCUT2D eigenvalue weighted by Crippen LogP contribution is 2.24. The molecule has 1 fully saturated rings. The molecule has 0 unspecified atom stereocenters. The lowest BCUT2D eigenvalue weighted by Gasteiger charge is -2.34. The zero-order chi connectivity index (χ0) is 22.3. The zero-order valence-electron chi connectivity index (χ0n) is 19.8. The molecule has 2 aromatic heterocycles. The van der Waals surface area contributed by atoms with Gasteiger partial charge in [0, 0.05) is 49.9 Å². The van der Waals surface area contributed by atoms with Gasteiger partial charge in [0.2, 0.25) is 0 Å². The van der Waals surface area contributed by atoms with Gasteiger partial charge in [-0.3, -0.25) is 0 Å². The van der Waals surface area contributed by atoms with Gasteiger partial charge in [0.15, 0.2) is 5.96 Å². The minimum Gasteiger partial charge on any atom is -0.459 e. The van der Waals surface area contributed by atoms with Crippen molar-refractivity contribution in [3.8, 4) is 0 Å². The number of nitrogens with zero attached hydrogens (tertiary/aromatic N) is 4. The fourth-order valence-electron chi connectivity index (χ4n) is 4.06. The van der Waals surface area contributed by atoms with Crippen molar-refractivity contribution in [3.05, 3.63) is 59.5 Å². The van der Waals surface area contributed by atoms with Crippen LogP contribution in [0.3, 0.4) is 0 Å². The minimum atomic E-state index is 0. The van der Waals surface area contributed by atoms with E-state index in [2.05, 4.69) is 64.4 Å². The predicted molar refractivity (Wildman–Crippen MR) is 147 cm³/mol. The van der Waals surface area contributed by atoms with Crippen molar-refractivity contribution in [3.63, 3.8) is 0 Å². The first-order valence-corrected chi connectivity index (χ1v) is 11.6. The van der Waals surface area contributed by atoms with Crippen LogP contribution in [-0.2, 0) is 13.1 Å². The molecule has 4 rings (SSSR count). The normalized spacial score (nSPS) is 14.9. The van der Waals surface area contributed by atoms with Crippen molar-refractivity contribution in [2.24, 2.45) is 4.99 Å². The number of benzene rings is 1. The minimum absolute atomic E-state index is 0. The molecule has 1 aliphatic rings. The third-order valence-electron chi connectivity index (χ3n) is 6.08. The van der Waals surface area contributed by atoms with E-state index in [9.17, 15) is 0 Å². The maximum atomic E-state index is 6.01. The molecule has 0 saturated carbocycles. The molecule has 7 nitrogen and oxygen atoms in total. The van der Waals surface area contributed by atoms with Crippen LogP contribution in [0.5, 0.6) is 0 Å². The van der Waals surface area contributed by atoms with Crippen LogP contribution in [0.25, 0.3) is 11.0 Å². The summed E-state index contributed by atoms with van der Waals surface area (Å²) in [7, 11) is 0. The molecular weight excluding hydrogens is 527 g/mol. The lowest BCUT2D eigenvalue weighted by atomic mass is 10.1. The number of furan rings is 1. The van der Waals surface area contributed by atoms with E-state index in [1.54, 1.807) is 0 Å². The Labute approximate surface area is 213 Å². The lowest BCUT2D eigenvalue weighted by Crippen LogP contribution is -2.46. The molecule has 0 amide bonds. The van der Waals surface area contributed by atoms with Crippen LogP contribution in [-0.4, -0.2) is 55.1 Å². The number of aliphatic imine (C=N–C) groups is 1. The second-order valence-electron chi connectivity index (χ2n) is 8.14. The largest absolute Gasteiger partial charge is 0.459 e. The number of aromatic nitrogens is 1. The summed E-state index contributed by atoms with van der Waals surface area (Å²) in [6, 6.07) is 12.4. The van der Waals surface area contributed by atoms with Crippen molar-refractivity contribution in [2.45, 2.75) is 33.9 Å². The van der Waals surface area contributed by atoms with E-state index in [4.69, 9.17) is 9.41 Å². The number of hydrogen-bond donors (Lipinski definition) is 2. The van der Waals surface area contributed by atoms with Crippen LogP contribution in [0, 0.1) is 6.92 Å². The van der Waals surface area contributed by atoms with Crippen LogP contribution in [0.1, 0.15) is 30.7 Å². The average Bonchev–Trinajstić information content (AvgIpc) is 3.17. The summed E-state index contributed by atoms with van der Waals surface area (Å²) >= 11 is 0. The third-order valence-corrected chi connectivity index (χ3v) is 6.08. The van der Waals surface area contributed by atoms with Gasteiger partial charge in [-0.25, -0.2) is 9.98 Å². The smallest absolute Gasteiger partial charge is 0.191 e. The summed E-state index contributed by atoms with van der Waals surface area (Å²) in [4.78, 5) is 14.3. The summed E-state index contributed by atoms with van der Waals surface area (Å²) in [6.45, 7) is 13.8. The van der Waals surface area contributed by atoms with E-state index in [0.29, 0.717) is 13.1 Å². The summed E-state index contributed by atoms with van der Waals surface area (Å²) < 4.78 is 6.01. The van der Waals surface area contributed by atoms with Crippen molar-refractivity contribution >= 4 is 46.7 Å². The SMILES string of the molecule is CCNC(=NCc1ccc(N2CCN(CC)CC2)nc1)NCc1oc2ccccc2c1C.I. The zero-order valence-corrected chi connectivity index (χ0v) is 22.1. The van der Waals surface area contributed by atoms with E-state index in [0.717, 1.165) is 73.3 Å². The summed E-state index contributed by atoms with van der Waals surface area (Å²) in [5.41, 5.74) is 3.19. The number of nitrogens with one attached hydrogen (secondary N) is 2. The number of rotatable bonds is 7. The first-order valence-electron chi connectivity index (χ1n) is 11.6. The van der Waals surface area contributed by atoms with Crippen LogP contribution < -0.4 is 15.5 Å². The van der Waals surface area contributed by atoms with E-state index in [-0.39, 0.29) is 24.0 Å². The average molecular weight is 563 g/mol. The highest BCUT2D eigenvalue weighted by atomic mass is 127. The second-order valence-corrected chi connectivity index (χ2v) is 8.14. The number of halogens is 1. The Morgan fingerprint density at radius 3 is 2.52 bits per heavy atom. The number of piperazine rings is 1. The Hall–Kier alpha value is -2.33. The molecule has 3 heterocycles. The molecule has 0 radical (unpaired) electrons. The topological polar surface area (TPSA) is 68.9 Å². The van der Waals surface area contributed by atoms with Crippen molar-refractivity contribution in [1.82, 2.24) is 20.5 Å².